The minimum absolute atomic E-state index is 0.0266. The van der Waals surface area contributed by atoms with E-state index in [1.54, 1.807) is 6.07 Å². The highest BCUT2D eigenvalue weighted by Crippen LogP contribution is 2.12. The number of hydrogen-bond donors (Lipinski definition) is 3. The number of aliphatic hydroxyl groups excluding tert-OH is 1. The number of pyridine rings is 1. The van der Waals surface area contributed by atoms with Crippen LogP contribution in [0.1, 0.15) is 23.8 Å². The second-order valence-electron chi connectivity index (χ2n) is 3.70. The molecule has 0 saturated heterocycles. The molecule has 5 nitrogen and oxygen atoms in total. The van der Waals surface area contributed by atoms with Crippen LogP contribution in [0.25, 0.3) is 0 Å². The summed E-state index contributed by atoms with van der Waals surface area (Å²) in [5.41, 5.74) is 0.0266. The van der Waals surface area contributed by atoms with E-state index in [0.717, 1.165) is 0 Å². The summed E-state index contributed by atoms with van der Waals surface area (Å²) >= 11 is 0. The lowest BCUT2D eigenvalue weighted by molar-refractivity contribution is 0.0937. The Morgan fingerprint density at radius 3 is 3.00 bits per heavy atom. The molecule has 0 radical (unpaired) electrons. The van der Waals surface area contributed by atoms with Crippen LogP contribution in [0.4, 0.5) is 0 Å². The highest BCUT2D eigenvalue weighted by atomic mass is 16.3. The van der Waals surface area contributed by atoms with E-state index in [9.17, 15) is 9.90 Å². The van der Waals surface area contributed by atoms with Gasteiger partial charge in [-0.25, -0.2) is 4.98 Å². The quantitative estimate of drug-likeness (QED) is 0.681. The number of nitrogens with zero attached hydrogens (tertiary/aromatic N) is 1. The molecule has 16 heavy (non-hydrogen) atoms. The molecular formula is C11H16N2O3. The number of aliphatic hydroxyl groups is 1. The van der Waals surface area contributed by atoms with Crippen molar-refractivity contribution in [1.29, 1.82) is 0 Å². The minimum Gasteiger partial charge on any atom is -0.505 e. The van der Waals surface area contributed by atoms with Crippen molar-refractivity contribution in [2.45, 2.75) is 13.3 Å². The third kappa shape index (κ3) is 3.51. The Morgan fingerprint density at radius 1 is 1.62 bits per heavy atom. The molecule has 0 bridgehead atoms. The Morgan fingerprint density at radius 2 is 2.38 bits per heavy atom. The van der Waals surface area contributed by atoms with E-state index in [1.165, 1.54) is 12.3 Å². The van der Waals surface area contributed by atoms with Gasteiger partial charge < -0.3 is 15.5 Å². The third-order valence-corrected chi connectivity index (χ3v) is 2.23. The number of aromatic nitrogens is 1. The lowest BCUT2D eigenvalue weighted by atomic mass is 10.1. The van der Waals surface area contributed by atoms with Gasteiger partial charge in [0.1, 0.15) is 5.75 Å². The third-order valence-electron chi connectivity index (χ3n) is 2.23. The topological polar surface area (TPSA) is 82.5 Å². The Labute approximate surface area is 94.1 Å². The Hall–Kier alpha value is -1.62. The fourth-order valence-electron chi connectivity index (χ4n) is 1.24. The van der Waals surface area contributed by atoms with Crippen molar-refractivity contribution in [2.24, 2.45) is 5.92 Å². The Kier molecular flexibility index (Phi) is 4.72. The summed E-state index contributed by atoms with van der Waals surface area (Å²) in [4.78, 5) is 15.4. The first kappa shape index (κ1) is 12.4. The lowest BCUT2D eigenvalue weighted by Gasteiger charge is -2.11. The zero-order chi connectivity index (χ0) is 12.0. The molecule has 1 aromatic rings. The molecule has 1 aromatic heterocycles. The van der Waals surface area contributed by atoms with Gasteiger partial charge in [0, 0.05) is 19.3 Å². The fraction of sp³-hybridized carbons (Fsp3) is 0.455. The highest BCUT2D eigenvalue weighted by molar-refractivity contribution is 5.94. The number of amides is 1. The van der Waals surface area contributed by atoms with Crippen molar-refractivity contribution in [1.82, 2.24) is 10.3 Å². The van der Waals surface area contributed by atoms with Crippen LogP contribution >= 0.6 is 0 Å². The standard InChI is InChI=1S/C11H16N2O3/c1-8(4-6-14)7-13-11(16)10-9(15)3-2-5-12-10/h2-3,5,8,14-15H,4,6-7H2,1H3,(H,13,16). The van der Waals surface area contributed by atoms with Gasteiger partial charge in [-0.3, -0.25) is 4.79 Å². The van der Waals surface area contributed by atoms with Crippen LogP contribution in [-0.4, -0.2) is 34.3 Å². The number of rotatable bonds is 5. The maximum absolute atomic E-state index is 11.6. The molecule has 0 aliphatic heterocycles. The number of nitrogens with one attached hydrogen (secondary N) is 1. The second-order valence-corrected chi connectivity index (χ2v) is 3.70. The molecule has 1 atom stereocenters. The van der Waals surface area contributed by atoms with Crippen LogP contribution in [0.15, 0.2) is 18.3 Å². The molecule has 1 rings (SSSR count). The van der Waals surface area contributed by atoms with Crippen molar-refractivity contribution >= 4 is 5.91 Å². The van der Waals surface area contributed by atoms with Crippen molar-refractivity contribution in [3.63, 3.8) is 0 Å². The van der Waals surface area contributed by atoms with E-state index < -0.39 is 5.91 Å². The predicted molar refractivity (Wildman–Crippen MR) is 59.1 cm³/mol. The summed E-state index contributed by atoms with van der Waals surface area (Å²) in [7, 11) is 0. The first-order chi connectivity index (χ1) is 7.65. The van der Waals surface area contributed by atoms with Crippen molar-refractivity contribution in [2.75, 3.05) is 13.2 Å². The van der Waals surface area contributed by atoms with E-state index in [-0.39, 0.29) is 24.0 Å². The first-order valence-corrected chi connectivity index (χ1v) is 5.18. The van der Waals surface area contributed by atoms with E-state index in [0.29, 0.717) is 13.0 Å². The number of carbonyl (C=O) groups excluding carboxylic acids is 1. The van der Waals surface area contributed by atoms with Gasteiger partial charge >= 0.3 is 0 Å². The van der Waals surface area contributed by atoms with Crippen LogP contribution in [0, 0.1) is 5.92 Å². The van der Waals surface area contributed by atoms with Crippen LogP contribution in [0.2, 0.25) is 0 Å². The van der Waals surface area contributed by atoms with Crippen LogP contribution < -0.4 is 5.32 Å². The summed E-state index contributed by atoms with van der Waals surface area (Å²) in [6.45, 7) is 2.48. The smallest absolute Gasteiger partial charge is 0.273 e. The predicted octanol–water partition coefficient (Wildman–Crippen LogP) is 0.535. The first-order valence-electron chi connectivity index (χ1n) is 5.18. The molecule has 1 amide bonds. The van der Waals surface area contributed by atoms with E-state index >= 15 is 0 Å². The number of aromatic hydroxyl groups is 1. The largest absolute Gasteiger partial charge is 0.505 e. The molecule has 0 aromatic carbocycles. The van der Waals surface area contributed by atoms with Gasteiger partial charge in [-0.1, -0.05) is 6.92 Å². The summed E-state index contributed by atoms with van der Waals surface area (Å²) in [6.07, 6.45) is 2.08. The highest BCUT2D eigenvalue weighted by Gasteiger charge is 2.12. The maximum atomic E-state index is 11.6. The SMILES string of the molecule is CC(CCO)CNC(=O)c1ncccc1O. The normalized spacial score (nSPS) is 12.1. The summed E-state index contributed by atoms with van der Waals surface area (Å²) in [5.74, 6) is -0.336. The number of carbonyl (C=O) groups is 1. The van der Waals surface area contributed by atoms with E-state index in [4.69, 9.17) is 5.11 Å². The van der Waals surface area contributed by atoms with Crippen LogP contribution in [0.3, 0.4) is 0 Å². The molecule has 88 valence electrons. The van der Waals surface area contributed by atoms with Crippen molar-refractivity contribution in [3.05, 3.63) is 24.0 Å². The fourth-order valence-corrected chi connectivity index (χ4v) is 1.24. The van der Waals surface area contributed by atoms with Crippen molar-refractivity contribution < 1.29 is 15.0 Å². The van der Waals surface area contributed by atoms with Crippen LogP contribution in [-0.2, 0) is 0 Å². The molecule has 1 heterocycles. The molecule has 1 unspecified atom stereocenters. The summed E-state index contributed by atoms with van der Waals surface area (Å²) in [5, 5.41) is 20.7. The van der Waals surface area contributed by atoms with E-state index in [1.807, 2.05) is 6.92 Å². The summed E-state index contributed by atoms with van der Waals surface area (Å²) in [6, 6.07) is 2.97. The lowest BCUT2D eigenvalue weighted by Crippen LogP contribution is -2.29. The van der Waals surface area contributed by atoms with E-state index in [2.05, 4.69) is 10.3 Å². The van der Waals surface area contributed by atoms with Gasteiger partial charge in [0.25, 0.3) is 5.91 Å². The molecule has 3 N–H and O–H groups in total. The average molecular weight is 224 g/mol. The monoisotopic (exact) mass is 224 g/mol. The van der Waals surface area contributed by atoms with Gasteiger partial charge in [0.15, 0.2) is 5.69 Å². The van der Waals surface area contributed by atoms with Gasteiger partial charge in [0.2, 0.25) is 0 Å². The zero-order valence-corrected chi connectivity index (χ0v) is 9.18. The zero-order valence-electron chi connectivity index (χ0n) is 9.18. The minimum atomic E-state index is -0.400. The van der Waals surface area contributed by atoms with Gasteiger partial charge in [-0.05, 0) is 24.5 Å². The second kappa shape index (κ2) is 6.07. The maximum Gasteiger partial charge on any atom is 0.273 e. The molecular weight excluding hydrogens is 208 g/mol. The van der Waals surface area contributed by atoms with Gasteiger partial charge in [-0.2, -0.15) is 0 Å². The van der Waals surface area contributed by atoms with Crippen molar-refractivity contribution in [3.8, 4) is 5.75 Å². The van der Waals surface area contributed by atoms with Crippen LogP contribution in [0.5, 0.6) is 5.75 Å². The Bertz CT molecular complexity index is 355. The Balaban J connectivity index is 2.50. The summed E-state index contributed by atoms with van der Waals surface area (Å²) < 4.78 is 0. The molecule has 0 aliphatic rings. The molecule has 5 heteroatoms. The average Bonchev–Trinajstić information content (AvgIpc) is 2.27. The molecule has 0 saturated carbocycles. The molecule has 0 aliphatic carbocycles. The molecule has 0 spiro atoms. The van der Waals surface area contributed by atoms with Gasteiger partial charge in [-0.15, -0.1) is 0 Å². The number of hydrogen-bond acceptors (Lipinski definition) is 4. The van der Waals surface area contributed by atoms with Gasteiger partial charge in [0.05, 0.1) is 0 Å². The molecule has 0 fully saturated rings.